The van der Waals surface area contributed by atoms with Crippen molar-refractivity contribution in [2.24, 2.45) is 0 Å². The maximum absolute atomic E-state index is 12.4. The van der Waals surface area contributed by atoms with Crippen LogP contribution in [0.1, 0.15) is 16.1 Å². The number of pyridine rings is 1. The molecule has 0 radical (unpaired) electrons. The second kappa shape index (κ2) is 9.41. The van der Waals surface area contributed by atoms with Crippen LogP contribution in [0.4, 0.5) is 11.4 Å². The summed E-state index contributed by atoms with van der Waals surface area (Å²) in [7, 11) is 3.23. The van der Waals surface area contributed by atoms with E-state index in [0.717, 1.165) is 24.4 Å². The summed E-state index contributed by atoms with van der Waals surface area (Å²) in [6, 6.07) is 18.8. The summed E-state index contributed by atoms with van der Waals surface area (Å²) in [5.41, 5.74) is 2.99. The van der Waals surface area contributed by atoms with Crippen LogP contribution >= 0.6 is 0 Å². The zero-order valence-electron chi connectivity index (χ0n) is 15.9. The minimum Gasteiger partial charge on any atom is -0.497 e. The first-order valence-electron chi connectivity index (χ1n) is 8.97. The zero-order chi connectivity index (χ0) is 19.8. The Bertz CT molecular complexity index is 926. The monoisotopic (exact) mass is 377 g/mol. The lowest BCUT2D eigenvalue weighted by molar-refractivity contribution is 0.102. The van der Waals surface area contributed by atoms with Crippen molar-refractivity contribution in [2.45, 2.75) is 6.42 Å². The number of rotatable bonds is 8. The number of anilines is 2. The van der Waals surface area contributed by atoms with Gasteiger partial charge in [0.1, 0.15) is 17.2 Å². The normalized spacial score (nSPS) is 10.2. The Morgan fingerprint density at radius 2 is 1.86 bits per heavy atom. The molecule has 3 aromatic rings. The first kappa shape index (κ1) is 19.2. The lowest BCUT2D eigenvalue weighted by Crippen LogP contribution is -2.14. The van der Waals surface area contributed by atoms with E-state index in [4.69, 9.17) is 9.47 Å². The maximum atomic E-state index is 12.4. The largest absolute Gasteiger partial charge is 0.497 e. The van der Waals surface area contributed by atoms with Gasteiger partial charge in [0.25, 0.3) is 5.91 Å². The molecule has 0 aliphatic rings. The number of benzene rings is 2. The molecule has 144 valence electrons. The van der Waals surface area contributed by atoms with E-state index in [9.17, 15) is 4.79 Å². The molecule has 2 aromatic carbocycles. The number of methoxy groups -OCH3 is 2. The van der Waals surface area contributed by atoms with E-state index < -0.39 is 0 Å². The summed E-state index contributed by atoms with van der Waals surface area (Å²) in [6.07, 6.45) is 2.51. The smallest absolute Gasteiger partial charge is 0.274 e. The molecule has 0 spiro atoms. The third-order valence-corrected chi connectivity index (χ3v) is 4.23. The van der Waals surface area contributed by atoms with Crippen LogP contribution in [0.15, 0.2) is 66.9 Å². The molecule has 0 bridgehead atoms. The first-order chi connectivity index (χ1) is 13.7. The molecule has 0 fully saturated rings. The second-order valence-corrected chi connectivity index (χ2v) is 6.11. The fourth-order valence-electron chi connectivity index (χ4n) is 2.75. The topological polar surface area (TPSA) is 72.5 Å². The molecule has 2 N–H and O–H groups in total. The molecule has 1 amide bonds. The predicted octanol–water partition coefficient (Wildman–Crippen LogP) is 4.01. The molecule has 0 saturated heterocycles. The van der Waals surface area contributed by atoms with E-state index in [1.807, 2.05) is 36.4 Å². The molecule has 0 saturated carbocycles. The van der Waals surface area contributed by atoms with E-state index in [1.54, 1.807) is 38.6 Å². The first-order valence-corrected chi connectivity index (χ1v) is 8.97. The number of aromatic nitrogens is 1. The van der Waals surface area contributed by atoms with Crippen molar-refractivity contribution in [3.8, 4) is 11.5 Å². The van der Waals surface area contributed by atoms with E-state index in [2.05, 4.69) is 21.7 Å². The summed E-state index contributed by atoms with van der Waals surface area (Å²) in [6.45, 7) is 0.752. The molecule has 0 unspecified atom stereocenters. The maximum Gasteiger partial charge on any atom is 0.274 e. The summed E-state index contributed by atoms with van der Waals surface area (Å²) in [4.78, 5) is 16.6. The highest BCUT2D eigenvalue weighted by molar-refractivity contribution is 6.03. The van der Waals surface area contributed by atoms with Crippen molar-refractivity contribution in [3.05, 3.63) is 78.1 Å². The van der Waals surface area contributed by atoms with Gasteiger partial charge < -0.3 is 20.1 Å². The van der Waals surface area contributed by atoms with Crippen molar-refractivity contribution >= 4 is 17.3 Å². The molecule has 6 heteroatoms. The Morgan fingerprint density at radius 3 is 2.61 bits per heavy atom. The van der Waals surface area contributed by atoms with Crippen molar-refractivity contribution < 1.29 is 14.3 Å². The number of carbonyl (C=O) groups excluding carboxylic acids is 1. The van der Waals surface area contributed by atoms with Crippen LogP contribution in [0.25, 0.3) is 0 Å². The zero-order valence-corrected chi connectivity index (χ0v) is 15.9. The molecule has 1 aromatic heterocycles. The highest BCUT2D eigenvalue weighted by atomic mass is 16.5. The van der Waals surface area contributed by atoms with E-state index in [1.165, 1.54) is 5.56 Å². The van der Waals surface area contributed by atoms with Gasteiger partial charge in [0.15, 0.2) is 0 Å². The minimum absolute atomic E-state index is 0.285. The van der Waals surface area contributed by atoms with Gasteiger partial charge in [-0.3, -0.25) is 4.79 Å². The fraction of sp³-hybridized carbons (Fsp3) is 0.182. The summed E-state index contributed by atoms with van der Waals surface area (Å²) in [5.74, 6) is 1.17. The number of hydrogen-bond donors (Lipinski definition) is 2. The van der Waals surface area contributed by atoms with Gasteiger partial charge in [0.05, 0.1) is 31.8 Å². The molecule has 0 atom stereocenters. The molecular weight excluding hydrogens is 354 g/mol. The van der Waals surface area contributed by atoms with Gasteiger partial charge in [-0.25, -0.2) is 4.98 Å². The highest BCUT2D eigenvalue weighted by Gasteiger charge is 2.10. The third-order valence-electron chi connectivity index (χ3n) is 4.23. The number of nitrogens with zero attached hydrogens (tertiary/aromatic N) is 1. The number of nitrogens with one attached hydrogen (secondary N) is 2. The Hall–Kier alpha value is -3.54. The van der Waals surface area contributed by atoms with Crippen LogP contribution in [-0.4, -0.2) is 31.7 Å². The van der Waals surface area contributed by atoms with Crippen molar-refractivity contribution in [3.63, 3.8) is 0 Å². The SMILES string of the molecule is COc1cccc(CCNc2ccc(C(=O)Nc3ccccc3OC)nc2)c1. The molecule has 0 aliphatic carbocycles. The lowest BCUT2D eigenvalue weighted by atomic mass is 10.1. The van der Waals surface area contributed by atoms with Crippen molar-refractivity contribution in [1.29, 1.82) is 0 Å². The van der Waals surface area contributed by atoms with Crippen LogP contribution < -0.4 is 20.1 Å². The van der Waals surface area contributed by atoms with E-state index in [-0.39, 0.29) is 5.91 Å². The van der Waals surface area contributed by atoms with Crippen LogP contribution in [0, 0.1) is 0 Å². The van der Waals surface area contributed by atoms with Gasteiger partial charge in [0.2, 0.25) is 0 Å². The van der Waals surface area contributed by atoms with Crippen LogP contribution in [0.5, 0.6) is 11.5 Å². The number of carbonyl (C=O) groups is 1. The third kappa shape index (κ3) is 5.01. The van der Waals surface area contributed by atoms with Crippen molar-refractivity contribution in [1.82, 2.24) is 4.98 Å². The fourth-order valence-corrected chi connectivity index (χ4v) is 2.75. The van der Waals surface area contributed by atoms with Crippen LogP contribution in [0.3, 0.4) is 0 Å². The minimum atomic E-state index is -0.285. The second-order valence-electron chi connectivity index (χ2n) is 6.11. The Kier molecular flexibility index (Phi) is 6.46. The van der Waals surface area contributed by atoms with Crippen molar-refractivity contribution in [2.75, 3.05) is 31.4 Å². The van der Waals surface area contributed by atoms with Gasteiger partial charge in [-0.15, -0.1) is 0 Å². The molecule has 1 heterocycles. The summed E-state index contributed by atoms with van der Waals surface area (Å²) >= 11 is 0. The van der Waals surface area contributed by atoms with E-state index >= 15 is 0 Å². The Balaban J connectivity index is 1.54. The molecule has 6 nitrogen and oxygen atoms in total. The Morgan fingerprint density at radius 1 is 1.00 bits per heavy atom. The standard InChI is InChI=1S/C22H23N3O3/c1-27-18-7-5-6-16(14-18)12-13-23-17-10-11-20(24-15-17)22(26)25-19-8-3-4-9-21(19)28-2/h3-11,14-15,23H,12-13H2,1-2H3,(H,25,26). The van der Waals surface area contributed by atoms with Crippen LogP contribution in [0.2, 0.25) is 0 Å². The number of amides is 1. The quantitative estimate of drug-likeness (QED) is 0.621. The van der Waals surface area contributed by atoms with Gasteiger partial charge in [-0.05, 0) is 48.4 Å². The summed E-state index contributed by atoms with van der Waals surface area (Å²) in [5, 5.41) is 6.12. The van der Waals surface area contributed by atoms with Crippen LogP contribution in [-0.2, 0) is 6.42 Å². The average molecular weight is 377 g/mol. The van der Waals surface area contributed by atoms with E-state index in [0.29, 0.717) is 17.1 Å². The number of ether oxygens (including phenoxy) is 2. The average Bonchev–Trinajstić information content (AvgIpc) is 2.74. The number of para-hydroxylation sites is 2. The predicted molar refractivity (Wildman–Crippen MR) is 110 cm³/mol. The Labute approximate surface area is 164 Å². The molecule has 28 heavy (non-hydrogen) atoms. The van der Waals surface area contributed by atoms with Gasteiger partial charge >= 0.3 is 0 Å². The van der Waals surface area contributed by atoms with Gasteiger partial charge in [-0.2, -0.15) is 0 Å². The van der Waals surface area contributed by atoms with Gasteiger partial charge in [-0.1, -0.05) is 24.3 Å². The lowest BCUT2D eigenvalue weighted by Gasteiger charge is -2.10. The molecule has 3 rings (SSSR count). The molecule has 0 aliphatic heterocycles. The van der Waals surface area contributed by atoms with Gasteiger partial charge in [0, 0.05) is 6.54 Å². The summed E-state index contributed by atoms with van der Waals surface area (Å²) < 4.78 is 10.5. The highest BCUT2D eigenvalue weighted by Crippen LogP contribution is 2.23. The number of hydrogen-bond acceptors (Lipinski definition) is 5. The molecular formula is C22H23N3O3.